The van der Waals surface area contributed by atoms with Crippen molar-refractivity contribution in [2.45, 2.75) is 111 Å². The number of rotatable bonds is 0. The van der Waals surface area contributed by atoms with Gasteiger partial charge in [0, 0.05) is 17.5 Å². The van der Waals surface area contributed by atoms with Gasteiger partial charge in [-0.05, 0) is 24.3 Å². The molecule has 0 bridgehead atoms. The van der Waals surface area contributed by atoms with Crippen molar-refractivity contribution in [2.24, 2.45) is 0 Å². The molecule has 220 valence electrons. The van der Waals surface area contributed by atoms with Gasteiger partial charge in [-0.15, -0.1) is 0 Å². The minimum absolute atomic E-state index is 0.00634. The first-order chi connectivity index (χ1) is 18.7. The van der Waals surface area contributed by atoms with E-state index in [2.05, 4.69) is 0 Å². The van der Waals surface area contributed by atoms with Gasteiger partial charge >= 0.3 is 5.63 Å². The van der Waals surface area contributed by atoms with E-state index in [9.17, 15) is 9.59 Å². The van der Waals surface area contributed by atoms with Gasteiger partial charge in [0.2, 0.25) is 0 Å². The monoisotopic (exact) mass is 532 g/mol. The van der Waals surface area contributed by atoms with Gasteiger partial charge in [0.05, 0.1) is 11.6 Å². The van der Waals surface area contributed by atoms with Crippen molar-refractivity contribution >= 4 is 21.9 Å². The molecular formula is C34H60O4. The summed E-state index contributed by atoms with van der Waals surface area (Å²) in [5.74, 6) is 0. The van der Waals surface area contributed by atoms with Crippen molar-refractivity contribution in [1.82, 2.24) is 0 Å². The van der Waals surface area contributed by atoms with Gasteiger partial charge in [-0.25, -0.2) is 4.79 Å². The molecule has 0 spiro atoms. The maximum absolute atomic E-state index is 11.1. The molecule has 0 saturated heterocycles. The van der Waals surface area contributed by atoms with Crippen molar-refractivity contribution in [2.75, 3.05) is 0 Å². The molecule has 0 aliphatic heterocycles. The third kappa shape index (κ3) is 23.3. The summed E-state index contributed by atoms with van der Waals surface area (Å²) in [6.45, 7) is 32.0. The third-order valence-corrected chi connectivity index (χ3v) is 3.10. The van der Waals surface area contributed by atoms with Gasteiger partial charge in [0.1, 0.15) is 11.2 Å². The molecular weight excluding hydrogens is 472 g/mol. The van der Waals surface area contributed by atoms with E-state index in [-0.39, 0.29) is 11.1 Å². The Kier molecular flexibility index (Phi) is 55.4. The Morgan fingerprint density at radius 1 is 0.447 bits per heavy atom. The lowest BCUT2D eigenvalue weighted by Crippen LogP contribution is -1.96. The van der Waals surface area contributed by atoms with Crippen LogP contribution in [0.2, 0.25) is 0 Å². The van der Waals surface area contributed by atoms with E-state index >= 15 is 0 Å². The fraction of sp³-hybridized carbons (Fsp3) is 0.471. The predicted molar refractivity (Wildman–Crippen MR) is 176 cm³/mol. The van der Waals surface area contributed by atoms with E-state index in [1.807, 2.05) is 141 Å². The smallest absolute Gasteiger partial charge is 0.336 e. The van der Waals surface area contributed by atoms with E-state index in [1.165, 1.54) is 18.4 Å². The molecule has 0 atom stereocenters. The summed E-state index contributed by atoms with van der Waals surface area (Å²) in [5.41, 5.74) is 0.982. The molecule has 38 heavy (non-hydrogen) atoms. The lowest BCUT2D eigenvalue weighted by Gasteiger charge is -1.91. The van der Waals surface area contributed by atoms with E-state index < -0.39 is 0 Å². The van der Waals surface area contributed by atoms with Crippen LogP contribution in [-0.2, 0) is 0 Å². The number of benzene rings is 2. The lowest BCUT2D eigenvalue weighted by molar-refractivity contribution is 0.561. The van der Waals surface area contributed by atoms with Gasteiger partial charge in [-0.3, -0.25) is 4.79 Å². The highest BCUT2D eigenvalue weighted by atomic mass is 16.4. The summed E-state index contributed by atoms with van der Waals surface area (Å²) in [6, 6.07) is 19.2. The zero-order valence-corrected chi connectivity index (χ0v) is 27.6. The molecule has 4 aromatic rings. The second kappa shape index (κ2) is 43.9. The molecule has 0 amide bonds. The van der Waals surface area contributed by atoms with Crippen LogP contribution in [0.3, 0.4) is 0 Å². The van der Waals surface area contributed by atoms with Gasteiger partial charge in [-0.1, -0.05) is 141 Å². The summed E-state index contributed by atoms with van der Waals surface area (Å²) < 4.78 is 10.00. The quantitative estimate of drug-likeness (QED) is 0.211. The maximum atomic E-state index is 11.1. The largest absolute Gasteiger partial charge is 0.464 e. The first kappa shape index (κ1) is 48.0. The van der Waals surface area contributed by atoms with Crippen LogP contribution < -0.4 is 11.1 Å². The van der Waals surface area contributed by atoms with Crippen molar-refractivity contribution in [3.8, 4) is 0 Å². The fourth-order valence-electron chi connectivity index (χ4n) is 2.04. The molecule has 2 heterocycles. The Morgan fingerprint density at radius 2 is 0.868 bits per heavy atom. The highest BCUT2D eigenvalue weighted by molar-refractivity contribution is 5.76. The minimum Gasteiger partial charge on any atom is -0.464 e. The summed E-state index contributed by atoms with van der Waals surface area (Å²) in [4.78, 5) is 21.8. The molecule has 4 heteroatoms. The van der Waals surface area contributed by atoms with Gasteiger partial charge in [0.15, 0.2) is 5.43 Å². The summed E-state index contributed by atoms with van der Waals surface area (Å²) in [5, 5.41) is 1.59. The first-order valence-electron chi connectivity index (χ1n) is 14.7. The number of hydrogen-bond acceptors (Lipinski definition) is 4. The molecule has 4 nitrogen and oxygen atoms in total. The number of para-hydroxylation sites is 2. The molecule has 4 rings (SSSR count). The molecule has 0 aliphatic rings. The second-order valence-corrected chi connectivity index (χ2v) is 4.57. The summed E-state index contributed by atoms with van der Waals surface area (Å²) in [6.07, 6.45) is 1.41. The second-order valence-electron chi connectivity index (χ2n) is 4.57. The zero-order valence-electron chi connectivity index (χ0n) is 27.6. The van der Waals surface area contributed by atoms with Crippen molar-refractivity contribution in [3.63, 3.8) is 0 Å². The van der Waals surface area contributed by atoms with Gasteiger partial charge < -0.3 is 8.83 Å². The van der Waals surface area contributed by atoms with Crippen molar-refractivity contribution in [3.05, 3.63) is 93.6 Å². The van der Waals surface area contributed by atoms with Crippen LogP contribution in [0.4, 0.5) is 0 Å². The van der Waals surface area contributed by atoms with Crippen molar-refractivity contribution in [1.29, 1.82) is 0 Å². The van der Waals surface area contributed by atoms with Gasteiger partial charge in [-0.2, -0.15) is 0 Å². The topological polar surface area (TPSA) is 60.4 Å². The van der Waals surface area contributed by atoms with E-state index in [1.54, 1.807) is 24.3 Å². The zero-order chi connectivity index (χ0) is 31.4. The van der Waals surface area contributed by atoms with Crippen LogP contribution in [-0.4, -0.2) is 0 Å². The molecule has 0 unspecified atom stereocenters. The standard InChI is InChI=1S/2C9H6O2.8C2H6/c10-8-5-6-11-9-4-2-1-3-7(8)9;10-9-6-5-7-3-1-2-4-8(7)11-9;8*1-2/h2*1-6H;8*1-2H3. The summed E-state index contributed by atoms with van der Waals surface area (Å²) in [7, 11) is 0. The molecule has 0 radical (unpaired) electrons. The number of hydrogen-bond donors (Lipinski definition) is 0. The third-order valence-electron chi connectivity index (χ3n) is 3.10. The molecule has 0 aliphatic carbocycles. The Morgan fingerprint density at radius 3 is 1.34 bits per heavy atom. The average molecular weight is 533 g/mol. The normalized spacial score (nSPS) is 7.16. The van der Waals surface area contributed by atoms with Crippen LogP contribution in [0.5, 0.6) is 0 Å². The van der Waals surface area contributed by atoms with Crippen LogP contribution in [0.15, 0.2) is 91.4 Å². The van der Waals surface area contributed by atoms with E-state index in [0.29, 0.717) is 16.6 Å². The molecule has 0 fully saturated rings. The predicted octanol–water partition coefficient (Wildman–Crippen LogP) is 11.8. The molecule has 0 N–H and O–H groups in total. The van der Waals surface area contributed by atoms with Crippen LogP contribution >= 0.6 is 0 Å². The Bertz CT molecular complexity index is 1020. The highest BCUT2D eigenvalue weighted by Crippen LogP contribution is 2.09. The Balaban J connectivity index is -0.0000000889. The van der Waals surface area contributed by atoms with E-state index in [0.717, 1.165) is 5.39 Å². The SMILES string of the molecule is CC.CC.CC.CC.CC.CC.CC.CC.O=c1ccc2ccccc2o1.O=c1ccoc2ccccc12. The molecule has 0 saturated carbocycles. The highest BCUT2D eigenvalue weighted by Gasteiger charge is 1.95. The lowest BCUT2D eigenvalue weighted by atomic mass is 10.2. The Labute approximate surface area is 235 Å². The van der Waals surface area contributed by atoms with Crippen LogP contribution in [0, 0.1) is 0 Å². The van der Waals surface area contributed by atoms with Crippen LogP contribution in [0.1, 0.15) is 111 Å². The molecule has 2 aromatic heterocycles. The number of fused-ring (bicyclic) bond motifs is 2. The first-order valence-corrected chi connectivity index (χ1v) is 14.7. The van der Waals surface area contributed by atoms with Crippen molar-refractivity contribution < 1.29 is 8.83 Å². The van der Waals surface area contributed by atoms with E-state index in [4.69, 9.17) is 8.83 Å². The molecule has 2 aromatic carbocycles. The summed E-state index contributed by atoms with van der Waals surface area (Å²) >= 11 is 0. The Hall–Kier alpha value is -3.14. The maximum Gasteiger partial charge on any atom is 0.336 e. The fourth-order valence-corrected chi connectivity index (χ4v) is 2.04. The van der Waals surface area contributed by atoms with Gasteiger partial charge in [0.25, 0.3) is 0 Å². The minimum atomic E-state index is -0.302. The average Bonchev–Trinajstić information content (AvgIpc) is 3.05. The van der Waals surface area contributed by atoms with Crippen LogP contribution in [0.25, 0.3) is 21.9 Å².